The molecule has 2 N–H and O–H groups in total. The number of nitrogens with zero attached hydrogens (tertiary/aromatic N) is 3. The van der Waals surface area contributed by atoms with Crippen molar-refractivity contribution in [2.45, 2.75) is 26.5 Å². The maximum absolute atomic E-state index is 13.8. The Hall–Kier alpha value is -2.29. The lowest BCUT2D eigenvalue weighted by Crippen LogP contribution is -2.47. The molecule has 0 spiro atoms. The van der Waals surface area contributed by atoms with Crippen molar-refractivity contribution in [2.24, 2.45) is 0 Å². The van der Waals surface area contributed by atoms with Crippen LogP contribution in [0.5, 0.6) is 0 Å². The van der Waals surface area contributed by atoms with Crippen molar-refractivity contribution in [3.05, 3.63) is 47.4 Å². The molecule has 0 aliphatic carbocycles. The Balaban J connectivity index is 1.54. The normalized spacial score (nSPS) is 17.0. The molecule has 2 aromatic rings. The highest BCUT2D eigenvalue weighted by Crippen LogP contribution is 2.17. The van der Waals surface area contributed by atoms with Crippen molar-refractivity contribution < 1.29 is 18.7 Å². The molecular weight excluding hydrogens is 351 g/mol. The molecule has 1 aliphatic rings. The van der Waals surface area contributed by atoms with E-state index in [-0.39, 0.29) is 17.5 Å². The summed E-state index contributed by atoms with van der Waals surface area (Å²) in [4.78, 5) is 20.9. The summed E-state index contributed by atoms with van der Waals surface area (Å²) >= 11 is 0. The number of hydrogen-bond acceptors (Lipinski definition) is 6. The monoisotopic (exact) mass is 376 g/mol. The number of anilines is 1. The number of halogens is 1. The van der Waals surface area contributed by atoms with Crippen LogP contribution in [0.25, 0.3) is 0 Å². The van der Waals surface area contributed by atoms with Gasteiger partial charge in [-0.2, -0.15) is 0 Å². The first-order valence-electron chi connectivity index (χ1n) is 9.05. The zero-order valence-corrected chi connectivity index (χ0v) is 15.6. The second-order valence-corrected chi connectivity index (χ2v) is 6.99. The number of rotatable bonds is 6. The molecular formula is C19H25FN4O3. The third-order valence-electron chi connectivity index (χ3n) is 4.50. The number of nitrogens with one attached hydrogen (secondary N) is 1. The molecule has 1 aromatic carbocycles. The largest absolute Gasteiger partial charge is 0.447 e. The highest BCUT2D eigenvalue weighted by atomic mass is 19.1. The van der Waals surface area contributed by atoms with Crippen LogP contribution in [0, 0.1) is 12.7 Å². The number of piperazine rings is 1. The molecule has 2 heterocycles. The third kappa shape index (κ3) is 5.35. The van der Waals surface area contributed by atoms with Gasteiger partial charge in [0.25, 0.3) is 5.91 Å². The summed E-state index contributed by atoms with van der Waals surface area (Å²) in [5.74, 6) is -0.544. The summed E-state index contributed by atoms with van der Waals surface area (Å²) in [5, 5.41) is 12.0. The van der Waals surface area contributed by atoms with Gasteiger partial charge in [-0.1, -0.05) is 6.07 Å². The Morgan fingerprint density at radius 2 is 2.04 bits per heavy atom. The maximum Gasteiger partial charge on any atom is 0.277 e. The molecule has 8 heteroatoms. The van der Waals surface area contributed by atoms with E-state index in [2.05, 4.69) is 20.1 Å². The van der Waals surface area contributed by atoms with Gasteiger partial charge in [-0.05, 0) is 31.5 Å². The summed E-state index contributed by atoms with van der Waals surface area (Å²) in [6, 6.07) is 4.53. The van der Waals surface area contributed by atoms with E-state index < -0.39 is 11.7 Å². The number of oxazole rings is 1. The fraction of sp³-hybridized carbons (Fsp3) is 0.474. The van der Waals surface area contributed by atoms with Gasteiger partial charge in [-0.15, -0.1) is 0 Å². The molecule has 1 saturated heterocycles. The lowest BCUT2D eigenvalue weighted by molar-refractivity contribution is 0.0747. The first-order chi connectivity index (χ1) is 12.9. The molecule has 1 fully saturated rings. The van der Waals surface area contributed by atoms with Crippen molar-refractivity contribution in [3.8, 4) is 0 Å². The molecule has 1 atom stereocenters. The quantitative estimate of drug-likeness (QED) is 0.801. The van der Waals surface area contributed by atoms with E-state index in [1.54, 1.807) is 19.1 Å². The zero-order valence-electron chi connectivity index (χ0n) is 15.6. The van der Waals surface area contributed by atoms with E-state index in [9.17, 15) is 14.3 Å². The standard InChI is InChI=1S/C19H25FN4O3/c1-13-3-4-15(20)16(9-13)22-19(26)17-12-27-18(21-17)11-24-7-5-23(6-8-24)10-14(2)25/h3-4,9,12,14,25H,5-8,10-11H2,1-2H3,(H,22,26)/t14-/m1/s1. The van der Waals surface area contributed by atoms with Crippen molar-refractivity contribution in [3.63, 3.8) is 0 Å². The first-order valence-corrected chi connectivity index (χ1v) is 9.05. The number of carbonyl (C=O) groups is 1. The van der Waals surface area contributed by atoms with Crippen LogP contribution in [0.3, 0.4) is 0 Å². The van der Waals surface area contributed by atoms with Crippen molar-refractivity contribution in [1.82, 2.24) is 14.8 Å². The second kappa shape index (κ2) is 8.60. The lowest BCUT2D eigenvalue weighted by atomic mass is 10.2. The Labute approximate surface area is 157 Å². The number of aromatic nitrogens is 1. The molecule has 3 rings (SSSR count). The number of amides is 1. The van der Waals surface area contributed by atoms with Crippen LogP contribution in [0.15, 0.2) is 28.9 Å². The fourth-order valence-corrected chi connectivity index (χ4v) is 3.10. The van der Waals surface area contributed by atoms with Crippen molar-refractivity contribution in [1.29, 1.82) is 0 Å². The highest BCUT2D eigenvalue weighted by Gasteiger charge is 2.20. The SMILES string of the molecule is Cc1ccc(F)c(NC(=O)c2coc(CN3CCN(C[C@@H](C)O)CC3)n2)c1. The Morgan fingerprint density at radius 3 is 2.74 bits per heavy atom. The Bertz CT molecular complexity index is 785. The molecule has 7 nitrogen and oxygen atoms in total. The predicted molar refractivity (Wildman–Crippen MR) is 99.0 cm³/mol. The summed E-state index contributed by atoms with van der Waals surface area (Å²) in [6.45, 7) is 8.20. The van der Waals surface area contributed by atoms with Gasteiger partial charge in [-0.3, -0.25) is 14.6 Å². The van der Waals surface area contributed by atoms with Gasteiger partial charge in [0.1, 0.15) is 12.1 Å². The summed E-state index contributed by atoms with van der Waals surface area (Å²) in [6.07, 6.45) is 0.963. The van der Waals surface area contributed by atoms with E-state index >= 15 is 0 Å². The summed E-state index contributed by atoms with van der Waals surface area (Å²) in [5.41, 5.74) is 1.10. The van der Waals surface area contributed by atoms with Gasteiger partial charge < -0.3 is 14.8 Å². The van der Waals surface area contributed by atoms with Crippen LogP contribution in [-0.4, -0.2) is 64.6 Å². The molecule has 1 aliphatic heterocycles. The number of aliphatic hydroxyl groups excluding tert-OH is 1. The van der Waals surface area contributed by atoms with E-state index in [4.69, 9.17) is 4.42 Å². The minimum Gasteiger partial charge on any atom is -0.447 e. The van der Waals surface area contributed by atoms with Crippen molar-refractivity contribution in [2.75, 3.05) is 38.0 Å². The van der Waals surface area contributed by atoms with Crippen LogP contribution in [0.2, 0.25) is 0 Å². The van der Waals surface area contributed by atoms with E-state index in [0.717, 1.165) is 31.7 Å². The molecule has 0 radical (unpaired) electrons. The maximum atomic E-state index is 13.8. The number of aryl methyl sites for hydroxylation is 1. The first kappa shape index (κ1) is 19.5. The minimum atomic E-state index is -0.503. The van der Waals surface area contributed by atoms with Gasteiger partial charge >= 0.3 is 0 Å². The van der Waals surface area contributed by atoms with Gasteiger partial charge in [-0.25, -0.2) is 9.37 Å². The third-order valence-corrected chi connectivity index (χ3v) is 4.50. The molecule has 1 amide bonds. The molecule has 146 valence electrons. The summed E-state index contributed by atoms with van der Waals surface area (Å²) in [7, 11) is 0. The molecule has 0 unspecified atom stereocenters. The van der Waals surface area contributed by atoms with Crippen LogP contribution in [-0.2, 0) is 6.54 Å². The van der Waals surface area contributed by atoms with Crippen LogP contribution in [0.1, 0.15) is 28.9 Å². The number of hydrogen-bond donors (Lipinski definition) is 2. The molecule has 1 aromatic heterocycles. The van der Waals surface area contributed by atoms with E-state index in [0.29, 0.717) is 19.0 Å². The van der Waals surface area contributed by atoms with E-state index in [1.165, 1.54) is 12.3 Å². The Morgan fingerprint density at radius 1 is 1.33 bits per heavy atom. The number of benzene rings is 1. The topological polar surface area (TPSA) is 81.8 Å². The summed E-state index contributed by atoms with van der Waals surface area (Å²) < 4.78 is 19.2. The van der Waals surface area contributed by atoms with Crippen LogP contribution >= 0.6 is 0 Å². The zero-order chi connectivity index (χ0) is 19.4. The fourth-order valence-electron chi connectivity index (χ4n) is 3.10. The average Bonchev–Trinajstić information content (AvgIpc) is 3.08. The van der Waals surface area contributed by atoms with Gasteiger partial charge in [0.05, 0.1) is 18.3 Å². The number of β-amino-alcohol motifs (C(OH)–C–C–N with tert-alkyl or cyclic N) is 1. The van der Waals surface area contributed by atoms with Crippen molar-refractivity contribution >= 4 is 11.6 Å². The average molecular weight is 376 g/mol. The Kier molecular flexibility index (Phi) is 6.20. The van der Waals surface area contributed by atoms with Crippen LogP contribution in [0.4, 0.5) is 10.1 Å². The molecule has 0 bridgehead atoms. The molecule has 27 heavy (non-hydrogen) atoms. The number of carbonyl (C=O) groups excluding carboxylic acids is 1. The predicted octanol–water partition coefficient (Wildman–Crippen LogP) is 1.87. The van der Waals surface area contributed by atoms with Crippen LogP contribution < -0.4 is 5.32 Å². The lowest BCUT2D eigenvalue weighted by Gasteiger charge is -2.34. The van der Waals surface area contributed by atoms with E-state index in [1.807, 2.05) is 6.92 Å². The number of aliphatic hydroxyl groups is 1. The smallest absolute Gasteiger partial charge is 0.277 e. The van der Waals surface area contributed by atoms with Gasteiger partial charge in [0.15, 0.2) is 5.69 Å². The second-order valence-electron chi connectivity index (χ2n) is 6.99. The molecule has 0 saturated carbocycles. The minimum absolute atomic E-state index is 0.124. The van der Waals surface area contributed by atoms with Gasteiger partial charge in [0.2, 0.25) is 5.89 Å². The highest BCUT2D eigenvalue weighted by molar-refractivity contribution is 6.02. The van der Waals surface area contributed by atoms with Gasteiger partial charge in [0, 0.05) is 32.7 Å².